The maximum absolute atomic E-state index is 10.7. The Kier molecular flexibility index (Phi) is 3.39. The van der Waals surface area contributed by atoms with E-state index in [0.29, 0.717) is 0 Å². The lowest BCUT2D eigenvalue weighted by Crippen LogP contribution is -2.15. The lowest BCUT2D eigenvalue weighted by atomic mass is 11.3. The lowest BCUT2D eigenvalue weighted by molar-refractivity contribution is 0.394. The predicted molar refractivity (Wildman–Crippen MR) is 41.0 cm³/mol. The smallest absolute Gasteiger partial charge is 0.269 e. The van der Waals surface area contributed by atoms with Gasteiger partial charge in [-0.2, -0.15) is 16.8 Å². The normalized spacial score (nSPS) is 12.8. The number of hydrogen-bond acceptors (Lipinski definition) is 6. The van der Waals surface area contributed by atoms with Crippen LogP contribution in [0.2, 0.25) is 0 Å². The molecule has 0 aliphatic heterocycles. The topological polar surface area (TPSA) is 86.7 Å². The van der Waals surface area contributed by atoms with Crippen LogP contribution < -0.4 is 0 Å². The third-order valence-corrected chi connectivity index (χ3v) is 4.21. The highest BCUT2D eigenvalue weighted by Crippen LogP contribution is 2.14. The van der Waals surface area contributed by atoms with Crippen LogP contribution in [0.1, 0.15) is 0 Å². The molecule has 0 atom stereocenters. The van der Waals surface area contributed by atoms with Crippen LogP contribution in [-0.4, -0.2) is 31.1 Å². The van der Waals surface area contributed by atoms with Gasteiger partial charge in [0, 0.05) is 0 Å². The fraction of sp³-hybridized carbons (Fsp3) is 0.500. The van der Waals surface area contributed by atoms with Crippen molar-refractivity contribution in [2.24, 2.45) is 0 Å². The summed E-state index contributed by atoms with van der Waals surface area (Å²) in [4.78, 5) is 0. The van der Waals surface area contributed by atoms with Gasteiger partial charge in [0.05, 0.1) is 14.2 Å². The Morgan fingerprint density at radius 1 is 1.00 bits per heavy atom. The van der Waals surface area contributed by atoms with Gasteiger partial charge in [0.1, 0.15) is 0 Å². The van der Waals surface area contributed by atoms with Crippen LogP contribution >= 0.6 is 0 Å². The molecule has 0 aromatic rings. The van der Waals surface area contributed by atoms with Crippen molar-refractivity contribution in [3.05, 3.63) is 10.8 Å². The van der Waals surface area contributed by atoms with Crippen molar-refractivity contribution >= 4 is 20.2 Å². The van der Waals surface area contributed by atoms with Crippen molar-refractivity contribution in [1.29, 1.82) is 0 Å². The van der Waals surface area contributed by atoms with Crippen LogP contribution in [0, 0.1) is 0 Å². The fourth-order valence-electron chi connectivity index (χ4n) is 0.311. The number of hydrogen-bond donors (Lipinski definition) is 0. The van der Waals surface area contributed by atoms with E-state index < -0.39 is 24.5 Å². The van der Waals surface area contributed by atoms with E-state index in [2.05, 4.69) is 14.9 Å². The maximum atomic E-state index is 10.7. The minimum absolute atomic E-state index is 0.825. The summed E-state index contributed by atoms with van der Waals surface area (Å²) in [7, 11) is -6.90. The Hall–Kier alpha value is -0.440. The van der Waals surface area contributed by atoms with Crippen molar-refractivity contribution in [2.45, 2.75) is 0 Å². The molecular weight excluding hydrogens is 208 g/mol. The minimum atomic E-state index is -4.28. The van der Waals surface area contributed by atoms with Gasteiger partial charge in [-0.05, 0) is 0 Å². The van der Waals surface area contributed by atoms with E-state index in [1.54, 1.807) is 0 Å². The van der Waals surface area contributed by atoms with E-state index in [0.717, 1.165) is 14.2 Å². The summed E-state index contributed by atoms with van der Waals surface area (Å²) in [6, 6.07) is 0. The highest BCUT2D eigenvalue weighted by Gasteiger charge is 2.28. The molecule has 6 nitrogen and oxygen atoms in total. The van der Waals surface area contributed by atoms with E-state index in [1.165, 1.54) is 0 Å². The fourth-order valence-corrected chi connectivity index (χ4v) is 2.09. The Morgan fingerprint density at radius 2 is 1.25 bits per heavy atom. The molecule has 0 bridgehead atoms. The minimum Gasteiger partial charge on any atom is -0.269 e. The molecule has 72 valence electrons. The van der Waals surface area contributed by atoms with Crippen LogP contribution in [0.5, 0.6) is 0 Å². The summed E-state index contributed by atoms with van der Waals surface area (Å²) in [6.45, 7) is 2.81. The monoisotopic (exact) mass is 216 g/mol. The second-order valence-corrected chi connectivity index (χ2v) is 5.34. The Bertz CT molecular complexity index is 324. The van der Waals surface area contributed by atoms with Gasteiger partial charge >= 0.3 is 20.2 Å². The van der Waals surface area contributed by atoms with Crippen LogP contribution in [0.15, 0.2) is 10.8 Å². The van der Waals surface area contributed by atoms with Crippen LogP contribution in [0.4, 0.5) is 0 Å². The molecule has 0 aliphatic rings. The third-order valence-electron chi connectivity index (χ3n) is 0.997. The van der Waals surface area contributed by atoms with E-state index in [9.17, 15) is 16.8 Å². The highest BCUT2D eigenvalue weighted by molar-refractivity contribution is 8.10. The van der Waals surface area contributed by atoms with Crippen molar-refractivity contribution < 1.29 is 25.2 Å². The molecule has 0 N–H and O–H groups in total. The van der Waals surface area contributed by atoms with Gasteiger partial charge in [0.25, 0.3) is 0 Å². The molecule has 0 radical (unpaired) electrons. The van der Waals surface area contributed by atoms with E-state index in [1.807, 2.05) is 0 Å². The molecule has 0 aromatic carbocycles. The van der Waals surface area contributed by atoms with Gasteiger partial charge in [-0.25, -0.2) is 0 Å². The summed E-state index contributed by atoms with van der Waals surface area (Å²) >= 11 is 0. The molecular formula is C4H8O6S2. The van der Waals surface area contributed by atoms with Crippen molar-refractivity contribution in [3.8, 4) is 0 Å². The van der Waals surface area contributed by atoms with Crippen molar-refractivity contribution in [3.63, 3.8) is 0 Å². The molecule has 0 heterocycles. The zero-order chi connectivity index (χ0) is 9.99. The zero-order valence-corrected chi connectivity index (χ0v) is 8.11. The van der Waals surface area contributed by atoms with Gasteiger partial charge in [-0.3, -0.25) is 8.37 Å². The van der Waals surface area contributed by atoms with E-state index >= 15 is 0 Å². The molecule has 0 aliphatic carbocycles. The third kappa shape index (κ3) is 2.27. The quantitative estimate of drug-likeness (QED) is 0.584. The molecule has 0 spiro atoms. The predicted octanol–water partition coefficient (Wildman–Crippen LogP) is -0.590. The first-order valence-corrected chi connectivity index (χ1v) is 5.39. The molecule has 0 saturated carbocycles. The summed E-state index contributed by atoms with van der Waals surface area (Å²) in [6.07, 6.45) is 0. The van der Waals surface area contributed by atoms with Gasteiger partial charge in [-0.15, -0.1) is 0 Å². The molecule has 0 amide bonds. The highest BCUT2D eigenvalue weighted by atomic mass is 32.3. The molecule has 0 unspecified atom stereocenters. The van der Waals surface area contributed by atoms with E-state index in [4.69, 9.17) is 0 Å². The first-order valence-electron chi connectivity index (χ1n) is 2.58. The Labute approximate surface area is 71.0 Å². The maximum Gasteiger partial charge on any atom is 0.309 e. The van der Waals surface area contributed by atoms with Gasteiger partial charge in [-0.1, -0.05) is 6.58 Å². The second kappa shape index (κ2) is 3.52. The molecule has 12 heavy (non-hydrogen) atoms. The molecule has 0 aromatic heterocycles. The standard InChI is InChI=1S/C4H8O6S2/c1-4(11(5,6)9-2)12(7,8)10-3/h1H2,2-3H3. The Balaban J connectivity index is 5.16. The van der Waals surface area contributed by atoms with Gasteiger partial charge < -0.3 is 0 Å². The molecule has 0 saturated heterocycles. The summed E-state index contributed by atoms with van der Waals surface area (Å²) in [5, 5.41) is 0. The van der Waals surface area contributed by atoms with E-state index in [-0.39, 0.29) is 0 Å². The summed E-state index contributed by atoms with van der Waals surface area (Å²) in [5.74, 6) is 0. The average Bonchev–Trinajstić information content (AvgIpc) is 2.03. The van der Waals surface area contributed by atoms with Crippen LogP contribution in [-0.2, 0) is 28.6 Å². The number of rotatable bonds is 4. The lowest BCUT2D eigenvalue weighted by Gasteiger charge is -2.03. The average molecular weight is 216 g/mol. The first-order chi connectivity index (χ1) is 5.28. The second-order valence-electron chi connectivity index (χ2n) is 1.61. The SMILES string of the molecule is C=C(S(=O)(=O)OC)S(=O)(=O)OC. The Morgan fingerprint density at radius 3 is 1.42 bits per heavy atom. The zero-order valence-electron chi connectivity index (χ0n) is 6.47. The summed E-state index contributed by atoms with van der Waals surface area (Å²) in [5.41, 5.74) is 0. The molecule has 0 rings (SSSR count). The summed E-state index contributed by atoms with van der Waals surface area (Å²) < 4.78 is 49.6. The van der Waals surface area contributed by atoms with Gasteiger partial charge in [0.2, 0.25) is 4.24 Å². The first kappa shape index (κ1) is 11.6. The van der Waals surface area contributed by atoms with Crippen LogP contribution in [0.25, 0.3) is 0 Å². The van der Waals surface area contributed by atoms with Crippen molar-refractivity contribution in [2.75, 3.05) is 14.2 Å². The van der Waals surface area contributed by atoms with Crippen LogP contribution in [0.3, 0.4) is 0 Å². The molecule has 8 heteroatoms. The van der Waals surface area contributed by atoms with Crippen molar-refractivity contribution in [1.82, 2.24) is 0 Å². The van der Waals surface area contributed by atoms with Gasteiger partial charge in [0.15, 0.2) is 0 Å². The largest absolute Gasteiger partial charge is 0.309 e. The molecule has 0 fully saturated rings.